The molecule has 2 aromatic heterocycles. The van der Waals surface area contributed by atoms with E-state index in [2.05, 4.69) is 43.2 Å². The fraction of sp³-hybridized carbons (Fsp3) is 0.235. The molecule has 0 radical (unpaired) electrons. The van der Waals surface area contributed by atoms with Crippen LogP contribution in [-0.4, -0.2) is 15.0 Å². The van der Waals surface area contributed by atoms with Crippen LogP contribution in [0.1, 0.15) is 26.6 Å². The highest BCUT2D eigenvalue weighted by Gasteiger charge is 2.24. The van der Waals surface area contributed by atoms with Crippen LogP contribution in [0.2, 0.25) is 0 Å². The summed E-state index contributed by atoms with van der Waals surface area (Å²) in [5.41, 5.74) is 4.11. The molecule has 21 heavy (non-hydrogen) atoms. The lowest BCUT2D eigenvalue weighted by Gasteiger charge is -2.24. The maximum Gasteiger partial charge on any atom is 0.142 e. The first-order valence-corrected chi connectivity index (χ1v) is 7.07. The third kappa shape index (κ3) is 1.79. The van der Waals surface area contributed by atoms with Crippen molar-refractivity contribution in [1.82, 2.24) is 15.0 Å². The van der Waals surface area contributed by atoms with Gasteiger partial charge in [0.15, 0.2) is 0 Å². The van der Waals surface area contributed by atoms with E-state index in [0.717, 1.165) is 39.4 Å². The highest BCUT2D eigenvalue weighted by Crippen LogP contribution is 2.42. The molecule has 0 unspecified atom stereocenters. The summed E-state index contributed by atoms with van der Waals surface area (Å²) in [5.74, 6) is 1.71. The molecule has 1 aromatic carbocycles. The van der Waals surface area contributed by atoms with Gasteiger partial charge in [-0.05, 0) is 6.07 Å². The number of anilines is 2. The lowest BCUT2D eigenvalue weighted by atomic mass is 9.94. The molecule has 4 rings (SSSR count). The summed E-state index contributed by atoms with van der Waals surface area (Å²) >= 11 is 0. The zero-order valence-corrected chi connectivity index (χ0v) is 12.3. The van der Waals surface area contributed by atoms with Crippen LogP contribution in [0.3, 0.4) is 0 Å². The van der Waals surface area contributed by atoms with Crippen LogP contribution < -0.4 is 5.32 Å². The Labute approximate surface area is 123 Å². The van der Waals surface area contributed by atoms with Crippen LogP contribution >= 0.6 is 0 Å². The predicted octanol–water partition coefficient (Wildman–Crippen LogP) is 4.05. The number of pyridine rings is 1. The third-order valence-corrected chi connectivity index (χ3v) is 3.75. The Kier molecular flexibility index (Phi) is 2.34. The minimum Gasteiger partial charge on any atom is -0.339 e. The van der Waals surface area contributed by atoms with Crippen molar-refractivity contribution in [3.63, 3.8) is 0 Å². The van der Waals surface area contributed by atoms with Gasteiger partial charge in [0.1, 0.15) is 11.6 Å². The molecule has 0 amide bonds. The van der Waals surface area contributed by atoms with Crippen LogP contribution in [0.15, 0.2) is 36.7 Å². The molecular formula is C17H16N4. The zero-order chi connectivity index (χ0) is 14.6. The van der Waals surface area contributed by atoms with Gasteiger partial charge in [0.2, 0.25) is 0 Å². The largest absolute Gasteiger partial charge is 0.339 e. The smallest absolute Gasteiger partial charge is 0.142 e. The number of nitrogens with one attached hydrogen (secondary N) is 1. The van der Waals surface area contributed by atoms with E-state index in [0.29, 0.717) is 0 Å². The molecule has 3 aromatic rings. The number of nitrogens with zero attached hydrogens (tertiary/aromatic N) is 3. The maximum absolute atomic E-state index is 4.75. The Hall–Kier alpha value is -2.49. The standard InChI is InChI=1S/C17H16N4/c1-17(2,3)16-20-13-9-18-8-11-10-6-4-5-7-12(10)19-15(21-16)14(11)13/h4-9H,1-3H3,(H,19,20,21). The van der Waals surface area contributed by atoms with Gasteiger partial charge in [-0.2, -0.15) is 0 Å². The molecule has 1 N–H and O–H groups in total. The Balaban J connectivity index is 2.10. The summed E-state index contributed by atoms with van der Waals surface area (Å²) in [6, 6.07) is 8.22. The first kappa shape index (κ1) is 12.3. The van der Waals surface area contributed by atoms with Crippen molar-refractivity contribution in [2.24, 2.45) is 0 Å². The lowest BCUT2D eigenvalue weighted by molar-refractivity contribution is 0.549. The minimum absolute atomic E-state index is 0.0979. The molecule has 0 spiro atoms. The van der Waals surface area contributed by atoms with Gasteiger partial charge in [0.25, 0.3) is 0 Å². The molecule has 0 atom stereocenters. The predicted molar refractivity (Wildman–Crippen MR) is 84.8 cm³/mol. The summed E-state index contributed by atoms with van der Waals surface area (Å²) in [6.45, 7) is 6.36. The van der Waals surface area contributed by atoms with Crippen LogP contribution in [0.4, 0.5) is 11.5 Å². The van der Waals surface area contributed by atoms with Gasteiger partial charge in [0, 0.05) is 28.4 Å². The van der Waals surface area contributed by atoms with E-state index in [1.807, 2.05) is 24.5 Å². The van der Waals surface area contributed by atoms with Crippen molar-refractivity contribution >= 4 is 22.4 Å². The number of aromatic nitrogens is 3. The van der Waals surface area contributed by atoms with E-state index in [9.17, 15) is 0 Å². The van der Waals surface area contributed by atoms with Crippen molar-refractivity contribution in [1.29, 1.82) is 0 Å². The Bertz CT molecular complexity index is 862. The molecule has 0 fully saturated rings. The molecule has 1 aliphatic heterocycles. The van der Waals surface area contributed by atoms with Gasteiger partial charge in [0.05, 0.1) is 17.1 Å². The summed E-state index contributed by atoms with van der Waals surface area (Å²) in [7, 11) is 0. The van der Waals surface area contributed by atoms with Crippen molar-refractivity contribution in [2.45, 2.75) is 26.2 Å². The molecule has 0 bridgehead atoms. The zero-order valence-electron chi connectivity index (χ0n) is 12.3. The van der Waals surface area contributed by atoms with Crippen LogP contribution in [0, 0.1) is 0 Å². The molecule has 104 valence electrons. The monoisotopic (exact) mass is 276 g/mol. The molecule has 4 heteroatoms. The van der Waals surface area contributed by atoms with Crippen molar-refractivity contribution in [2.75, 3.05) is 5.32 Å². The molecule has 0 saturated heterocycles. The van der Waals surface area contributed by atoms with Crippen molar-refractivity contribution in [3.8, 4) is 11.1 Å². The first-order chi connectivity index (χ1) is 10.0. The Morgan fingerprint density at radius 3 is 2.57 bits per heavy atom. The average Bonchev–Trinajstić information content (AvgIpc) is 2.46. The molecular weight excluding hydrogens is 260 g/mol. The molecule has 3 heterocycles. The maximum atomic E-state index is 4.75. The highest BCUT2D eigenvalue weighted by atomic mass is 15.1. The van der Waals surface area contributed by atoms with Gasteiger partial charge in [-0.1, -0.05) is 39.0 Å². The number of benzene rings is 1. The van der Waals surface area contributed by atoms with Crippen LogP contribution in [-0.2, 0) is 5.41 Å². The van der Waals surface area contributed by atoms with Crippen molar-refractivity contribution < 1.29 is 0 Å². The van der Waals surface area contributed by atoms with Crippen molar-refractivity contribution in [3.05, 3.63) is 42.5 Å². The summed E-state index contributed by atoms with van der Waals surface area (Å²) in [4.78, 5) is 13.8. The van der Waals surface area contributed by atoms with E-state index in [1.54, 1.807) is 0 Å². The number of rotatable bonds is 0. The molecule has 0 aliphatic carbocycles. The minimum atomic E-state index is -0.0979. The topological polar surface area (TPSA) is 50.7 Å². The van der Waals surface area contributed by atoms with E-state index in [1.165, 1.54) is 0 Å². The van der Waals surface area contributed by atoms with E-state index in [4.69, 9.17) is 9.97 Å². The highest BCUT2D eigenvalue weighted by molar-refractivity contribution is 6.08. The SMILES string of the molecule is CC(C)(C)c1nc2c3c(cncc3n1)-c1ccccc1N2. The van der Waals surface area contributed by atoms with Crippen LogP contribution in [0.25, 0.3) is 22.0 Å². The number of hydrogen-bond donors (Lipinski definition) is 1. The summed E-state index contributed by atoms with van der Waals surface area (Å²) < 4.78 is 0. The van der Waals surface area contributed by atoms with Gasteiger partial charge in [-0.25, -0.2) is 9.97 Å². The quantitative estimate of drug-likeness (QED) is 0.526. The molecule has 0 saturated carbocycles. The van der Waals surface area contributed by atoms with Gasteiger partial charge in [-0.15, -0.1) is 0 Å². The third-order valence-electron chi connectivity index (χ3n) is 3.75. The normalized spacial score (nSPS) is 12.9. The summed E-state index contributed by atoms with van der Waals surface area (Å²) in [5, 5.41) is 4.49. The van der Waals surface area contributed by atoms with Gasteiger partial charge < -0.3 is 5.32 Å². The van der Waals surface area contributed by atoms with Gasteiger partial charge >= 0.3 is 0 Å². The lowest BCUT2D eigenvalue weighted by Crippen LogP contribution is -2.18. The average molecular weight is 276 g/mol. The second kappa shape index (κ2) is 4.01. The van der Waals surface area contributed by atoms with Gasteiger partial charge in [-0.3, -0.25) is 4.98 Å². The van der Waals surface area contributed by atoms with Crippen LogP contribution in [0.5, 0.6) is 0 Å². The number of para-hydroxylation sites is 1. The van der Waals surface area contributed by atoms with E-state index >= 15 is 0 Å². The number of hydrogen-bond acceptors (Lipinski definition) is 4. The first-order valence-electron chi connectivity index (χ1n) is 7.07. The second-order valence-corrected chi connectivity index (χ2v) is 6.40. The van der Waals surface area contributed by atoms with E-state index in [-0.39, 0.29) is 5.41 Å². The number of fused-ring (bicyclic) bond motifs is 2. The molecule has 4 nitrogen and oxygen atoms in total. The summed E-state index contributed by atoms with van der Waals surface area (Å²) in [6.07, 6.45) is 3.71. The fourth-order valence-electron chi connectivity index (χ4n) is 2.67. The van der Waals surface area contributed by atoms with E-state index < -0.39 is 0 Å². The Morgan fingerprint density at radius 1 is 0.952 bits per heavy atom. The second-order valence-electron chi connectivity index (χ2n) is 6.40. The fourth-order valence-corrected chi connectivity index (χ4v) is 2.67. The molecule has 1 aliphatic rings. The Morgan fingerprint density at radius 2 is 1.76 bits per heavy atom.